The van der Waals surface area contributed by atoms with E-state index in [9.17, 15) is 5.11 Å². The van der Waals surface area contributed by atoms with E-state index in [1.807, 2.05) is 13.1 Å². The van der Waals surface area contributed by atoms with Crippen LogP contribution in [0.25, 0.3) is 0 Å². The standard InChI is InChI=1S/C11H20N2OS/c1-3-8-4-5-10(15-8)11(14)9(13-2)6-7-12/h4-5,9,11,13-14H,3,6-7,12H2,1-2H3. The van der Waals surface area contributed by atoms with Crippen LogP contribution in [-0.4, -0.2) is 24.7 Å². The first kappa shape index (κ1) is 12.6. The van der Waals surface area contributed by atoms with E-state index in [1.54, 1.807) is 11.3 Å². The Labute approximate surface area is 95.3 Å². The van der Waals surface area contributed by atoms with Crippen molar-refractivity contribution in [2.45, 2.75) is 31.9 Å². The van der Waals surface area contributed by atoms with Crippen LogP contribution in [-0.2, 0) is 6.42 Å². The molecule has 3 nitrogen and oxygen atoms in total. The molecule has 1 heterocycles. The van der Waals surface area contributed by atoms with Gasteiger partial charge in [-0.3, -0.25) is 0 Å². The number of aliphatic hydroxyl groups excluding tert-OH is 1. The lowest BCUT2D eigenvalue weighted by atomic mass is 10.1. The smallest absolute Gasteiger partial charge is 0.103 e. The van der Waals surface area contributed by atoms with Crippen LogP contribution in [0.2, 0.25) is 0 Å². The van der Waals surface area contributed by atoms with Crippen molar-refractivity contribution in [3.8, 4) is 0 Å². The van der Waals surface area contributed by atoms with Gasteiger partial charge in [0.2, 0.25) is 0 Å². The number of rotatable bonds is 6. The Morgan fingerprint density at radius 3 is 2.73 bits per heavy atom. The quantitative estimate of drug-likeness (QED) is 0.687. The minimum absolute atomic E-state index is 0.0540. The molecule has 86 valence electrons. The maximum atomic E-state index is 10.1. The minimum atomic E-state index is -0.441. The van der Waals surface area contributed by atoms with Gasteiger partial charge in [-0.15, -0.1) is 11.3 Å². The maximum Gasteiger partial charge on any atom is 0.103 e. The molecule has 0 aromatic carbocycles. The fourth-order valence-corrected chi connectivity index (χ4v) is 2.59. The summed E-state index contributed by atoms with van der Waals surface area (Å²) in [6.45, 7) is 2.71. The van der Waals surface area contributed by atoms with Crippen LogP contribution in [0, 0.1) is 0 Å². The van der Waals surface area contributed by atoms with Crippen LogP contribution < -0.4 is 11.1 Å². The summed E-state index contributed by atoms with van der Waals surface area (Å²) in [7, 11) is 1.86. The minimum Gasteiger partial charge on any atom is -0.386 e. The molecule has 0 aliphatic heterocycles. The first-order valence-electron chi connectivity index (χ1n) is 5.36. The van der Waals surface area contributed by atoms with E-state index in [0.717, 1.165) is 17.7 Å². The number of nitrogens with two attached hydrogens (primary N) is 1. The summed E-state index contributed by atoms with van der Waals surface area (Å²) in [5.41, 5.74) is 5.50. The Kier molecular flexibility index (Phi) is 5.25. The van der Waals surface area contributed by atoms with Gasteiger partial charge >= 0.3 is 0 Å². The zero-order chi connectivity index (χ0) is 11.3. The summed E-state index contributed by atoms with van der Waals surface area (Å²) in [6, 6.07) is 4.14. The van der Waals surface area contributed by atoms with Crippen molar-refractivity contribution in [3.63, 3.8) is 0 Å². The molecule has 4 N–H and O–H groups in total. The predicted octanol–water partition coefficient (Wildman–Crippen LogP) is 1.28. The molecule has 0 radical (unpaired) electrons. The van der Waals surface area contributed by atoms with Gasteiger partial charge in [0.1, 0.15) is 6.10 Å². The number of thiophene rings is 1. The van der Waals surface area contributed by atoms with Crippen molar-refractivity contribution in [1.82, 2.24) is 5.32 Å². The molecule has 0 bridgehead atoms. The normalized spacial score (nSPS) is 15.2. The van der Waals surface area contributed by atoms with Crippen molar-refractivity contribution in [2.75, 3.05) is 13.6 Å². The molecule has 1 rings (SSSR count). The number of likely N-dealkylation sites (N-methyl/N-ethyl adjacent to an activating group) is 1. The molecule has 2 atom stereocenters. The van der Waals surface area contributed by atoms with Crippen molar-refractivity contribution < 1.29 is 5.11 Å². The Morgan fingerprint density at radius 1 is 1.53 bits per heavy atom. The van der Waals surface area contributed by atoms with Crippen molar-refractivity contribution in [2.24, 2.45) is 5.73 Å². The Morgan fingerprint density at radius 2 is 2.27 bits per heavy atom. The molecule has 15 heavy (non-hydrogen) atoms. The average Bonchev–Trinajstić information content (AvgIpc) is 2.73. The average molecular weight is 228 g/mol. The molecular formula is C11H20N2OS. The first-order valence-corrected chi connectivity index (χ1v) is 6.18. The summed E-state index contributed by atoms with van der Waals surface area (Å²) in [4.78, 5) is 2.34. The number of nitrogens with one attached hydrogen (secondary N) is 1. The number of hydrogen-bond acceptors (Lipinski definition) is 4. The molecule has 0 aliphatic rings. The first-order chi connectivity index (χ1) is 7.22. The molecule has 0 saturated carbocycles. The summed E-state index contributed by atoms with van der Waals surface area (Å²) in [5, 5.41) is 13.2. The van der Waals surface area contributed by atoms with Crippen LogP contribution in [0.3, 0.4) is 0 Å². The summed E-state index contributed by atoms with van der Waals surface area (Å²) in [6.07, 6.45) is 1.37. The summed E-state index contributed by atoms with van der Waals surface area (Å²) >= 11 is 1.68. The Bertz CT molecular complexity index is 288. The molecule has 0 amide bonds. The van der Waals surface area contributed by atoms with Crippen LogP contribution in [0.15, 0.2) is 12.1 Å². The third-order valence-electron chi connectivity index (χ3n) is 2.55. The van der Waals surface area contributed by atoms with E-state index in [1.165, 1.54) is 4.88 Å². The largest absolute Gasteiger partial charge is 0.386 e. The van der Waals surface area contributed by atoms with Gasteiger partial charge in [0.05, 0.1) is 0 Å². The monoisotopic (exact) mass is 228 g/mol. The van der Waals surface area contributed by atoms with Gasteiger partial charge in [-0.2, -0.15) is 0 Å². The van der Waals surface area contributed by atoms with E-state index < -0.39 is 6.10 Å². The lowest BCUT2D eigenvalue weighted by Gasteiger charge is -2.20. The highest BCUT2D eigenvalue weighted by Crippen LogP contribution is 2.26. The third kappa shape index (κ3) is 3.28. The number of aryl methyl sites for hydroxylation is 1. The van der Waals surface area contributed by atoms with Crippen LogP contribution >= 0.6 is 11.3 Å². The van der Waals surface area contributed by atoms with Gasteiger partial charge in [0.25, 0.3) is 0 Å². The van der Waals surface area contributed by atoms with E-state index in [-0.39, 0.29) is 6.04 Å². The van der Waals surface area contributed by atoms with Crippen LogP contribution in [0.4, 0.5) is 0 Å². The SMILES string of the molecule is CCc1ccc(C(O)C(CCN)NC)s1. The fourth-order valence-electron chi connectivity index (χ4n) is 1.58. The highest BCUT2D eigenvalue weighted by molar-refractivity contribution is 7.12. The molecule has 1 aromatic heterocycles. The van der Waals surface area contributed by atoms with E-state index >= 15 is 0 Å². The van der Waals surface area contributed by atoms with Crippen LogP contribution in [0.1, 0.15) is 29.2 Å². The topological polar surface area (TPSA) is 58.3 Å². The molecule has 4 heteroatoms. The van der Waals surface area contributed by atoms with Crippen molar-refractivity contribution in [1.29, 1.82) is 0 Å². The summed E-state index contributed by atoms with van der Waals surface area (Å²) < 4.78 is 0. The zero-order valence-electron chi connectivity index (χ0n) is 9.36. The van der Waals surface area contributed by atoms with Gasteiger partial charge in [0, 0.05) is 15.8 Å². The van der Waals surface area contributed by atoms with Gasteiger partial charge < -0.3 is 16.2 Å². The van der Waals surface area contributed by atoms with Gasteiger partial charge in [-0.05, 0) is 38.6 Å². The van der Waals surface area contributed by atoms with Gasteiger partial charge in [-0.1, -0.05) is 6.92 Å². The maximum absolute atomic E-state index is 10.1. The fraction of sp³-hybridized carbons (Fsp3) is 0.636. The second-order valence-electron chi connectivity index (χ2n) is 3.57. The lowest BCUT2D eigenvalue weighted by molar-refractivity contribution is 0.132. The molecule has 0 saturated heterocycles. The van der Waals surface area contributed by atoms with Gasteiger partial charge in [0.15, 0.2) is 0 Å². The molecule has 2 unspecified atom stereocenters. The molecule has 0 fully saturated rings. The number of hydrogen-bond donors (Lipinski definition) is 3. The van der Waals surface area contributed by atoms with E-state index in [0.29, 0.717) is 6.54 Å². The highest BCUT2D eigenvalue weighted by Gasteiger charge is 2.19. The van der Waals surface area contributed by atoms with Crippen molar-refractivity contribution in [3.05, 3.63) is 21.9 Å². The lowest BCUT2D eigenvalue weighted by Crippen LogP contribution is -2.33. The van der Waals surface area contributed by atoms with Crippen molar-refractivity contribution >= 4 is 11.3 Å². The van der Waals surface area contributed by atoms with E-state index in [4.69, 9.17) is 5.73 Å². The highest BCUT2D eigenvalue weighted by atomic mass is 32.1. The Balaban J connectivity index is 2.68. The molecule has 0 spiro atoms. The second-order valence-corrected chi connectivity index (χ2v) is 4.77. The Hall–Kier alpha value is -0.420. The predicted molar refractivity (Wildman–Crippen MR) is 65.2 cm³/mol. The third-order valence-corrected chi connectivity index (χ3v) is 3.85. The molecular weight excluding hydrogens is 208 g/mol. The molecule has 0 aliphatic carbocycles. The summed E-state index contributed by atoms with van der Waals surface area (Å²) in [5.74, 6) is 0. The van der Waals surface area contributed by atoms with Gasteiger partial charge in [-0.25, -0.2) is 0 Å². The van der Waals surface area contributed by atoms with E-state index in [2.05, 4.69) is 18.3 Å². The second kappa shape index (κ2) is 6.23. The zero-order valence-corrected chi connectivity index (χ0v) is 10.2. The number of aliphatic hydroxyl groups is 1. The molecule has 1 aromatic rings. The van der Waals surface area contributed by atoms with Crippen LogP contribution in [0.5, 0.6) is 0 Å².